The number of aromatic nitrogens is 4. The zero-order valence-corrected chi connectivity index (χ0v) is 10.9. The molecule has 0 aliphatic carbocycles. The molecule has 2 heterocycles. The van der Waals surface area contributed by atoms with Crippen LogP contribution in [-0.4, -0.2) is 19.7 Å². The Morgan fingerprint density at radius 3 is 3.00 bits per heavy atom. The van der Waals surface area contributed by atoms with Crippen molar-refractivity contribution in [3.63, 3.8) is 0 Å². The molecule has 0 spiro atoms. The number of nitrogens with one attached hydrogen (secondary N) is 1. The molecule has 7 heteroatoms. The first kappa shape index (κ1) is 12.8. The van der Waals surface area contributed by atoms with Gasteiger partial charge in [0.1, 0.15) is 0 Å². The lowest BCUT2D eigenvalue weighted by Gasteiger charge is -2.05. The second kappa shape index (κ2) is 5.30. The van der Waals surface area contributed by atoms with Crippen LogP contribution in [0.4, 0.5) is 10.2 Å². The lowest BCUT2D eigenvalue weighted by molar-refractivity contribution is 0.616. The fraction of sp³-hybridized carbons (Fsp3) is 0.364. The molecule has 0 aliphatic rings. The van der Waals surface area contributed by atoms with Crippen LogP contribution in [0.1, 0.15) is 18.2 Å². The molecule has 0 aliphatic heterocycles. The highest BCUT2D eigenvalue weighted by atomic mass is 35.5. The molecule has 0 bridgehead atoms. The molecule has 96 valence electrons. The quantitative estimate of drug-likeness (QED) is 0.865. The topological polar surface area (TPSA) is 55.6 Å². The van der Waals surface area contributed by atoms with Crippen molar-refractivity contribution in [1.82, 2.24) is 19.7 Å². The van der Waals surface area contributed by atoms with Crippen molar-refractivity contribution in [2.75, 3.05) is 5.32 Å². The van der Waals surface area contributed by atoms with Crippen molar-refractivity contribution in [3.05, 3.63) is 34.8 Å². The first-order valence-electron chi connectivity index (χ1n) is 5.53. The summed E-state index contributed by atoms with van der Waals surface area (Å²) in [5.74, 6) is -0.428. The molecule has 2 aromatic heterocycles. The summed E-state index contributed by atoms with van der Waals surface area (Å²) in [4.78, 5) is 7.35. The monoisotopic (exact) mass is 269 g/mol. The Hall–Kier alpha value is -1.69. The molecule has 2 rings (SSSR count). The van der Waals surface area contributed by atoms with Gasteiger partial charge in [-0.2, -0.15) is 10.1 Å². The number of anilines is 1. The molecule has 18 heavy (non-hydrogen) atoms. The highest BCUT2D eigenvalue weighted by molar-refractivity contribution is 6.28. The van der Waals surface area contributed by atoms with Crippen LogP contribution in [0.25, 0.3) is 0 Å². The van der Waals surface area contributed by atoms with E-state index in [4.69, 9.17) is 11.6 Å². The third-order valence-electron chi connectivity index (χ3n) is 2.49. The summed E-state index contributed by atoms with van der Waals surface area (Å²) < 4.78 is 15.1. The van der Waals surface area contributed by atoms with Gasteiger partial charge in [0.25, 0.3) is 0 Å². The van der Waals surface area contributed by atoms with Gasteiger partial charge in [-0.15, -0.1) is 0 Å². The van der Waals surface area contributed by atoms with Gasteiger partial charge in [0, 0.05) is 25.4 Å². The molecule has 0 saturated carbocycles. The molecular weight excluding hydrogens is 257 g/mol. The Labute approximate surface area is 109 Å². The van der Waals surface area contributed by atoms with Crippen molar-refractivity contribution in [2.45, 2.75) is 19.9 Å². The van der Waals surface area contributed by atoms with Crippen LogP contribution in [0.2, 0.25) is 5.28 Å². The van der Waals surface area contributed by atoms with Crippen LogP contribution in [0, 0.1) is 5.82 Å². The highest BCUT2D eigenvalue weighted by Gasteiger charge is 2.09. The van der Waals surface area contributed by atoms with Gasteiger partial charge in [-0.1, -0.05) is 6.92 Å². The number of aryl methyl sites for hydroxylation is 2. The molecular formula is C11H13ClFN5. The van der Waals surface area contributed by atoms with Crippen LogP contribution >= 0.6 is 11.6 Å². The highest BCUT2D eigenvalue weighted by Crippen LogP contribution is 2.14. The summed E-state index contributed by atoms with van der Waals surface area (Å²) in [7, 11) is 1.85. The zero-order valence-electron chi connectivity index (χ0n) is 10.1. The lowest BCUT2D eigenvalue weighted by atomic mass is 10.2. The summed E-state index contributed by atoms with van der Waals surface area (Å²) >= 11 is 5.62. The van der Waals surface area contributed by atoms with Gasteiger partial charge in [0.05, 0.1) is 11.9 Å². The molecule has 0 aromatic carbocycles. The van der Waals surface area contributed by atoms with E-state index in [1.807, 2.05) is 20.2 Å². The van der Waals surface area contributed by atoms with E-state index in [-0.39, 0.29) is 11.1 Å². The summed E-state index contributed by atoms with van der Waals surface area (Å²) in [6, 6.07) is 0. The maximum absolute atomic E-state index is 13.4. The van der Waals surface area contributed by atoms with Gasteiger partial charge in [0.2, 0.25) is 5.28 Å². The predicted molar refractivity (Wildman–Crippen MR) is 66.9 cm³/mol. The molecule has 2 aromatic rings. The fourth-order valence-electron chi connectivity index (χ4n) is 1.68. The van der Waals surface area contributed by atoms with Crippen LogP contribution in [0.3, 0.4) is 0 Å². The minimum absolute atomic E-state index is 0.0146. The Morgan fingerprint density at radius 1 is 1.50 bits per heavy atom. The van der Waals surface area contributed by atoms with Crippen LogP contribution in [-0.2, 0) is 20.0 Å². The Morgan fingerprint density at radius 2 is 2.28 bits per heavy atom. The second-order valence-electron chi connectivity index (χ2n) is 3.82. The minimum atomic E-state index is -0.527. The normalized spacial score (nSPS) is 10.7. The number of hydrogen-bond acceptors (Lipinski definition) is 4. The Bertz CT molecular complexity index is 554. The van der Waals surface area contributed by atoms with E-state index in [9.17, 15) is 4.39 Å². The molecule has 0 atom stereocenters. The third-order valence-corrected chi connectivity index (χ3v) is 2.67. The molecule has 1 N–H and O–H groups in total. The molecule has 5 nitrogen and oxygen atoms in total. The zero-order chi connectivity index (χ0) is 13.1. The van der Waals surface area contributed by atoms with Crippen molar-refractivity contribution in [1.29, 1.82) is 0 Å². The van der Waals surface area contributed by atoms with Gasteiger partial charge in [-0.05, 0) is 18.0 Å². The molecule has 0 amide bonds. The average molecular weight is 270 g/mol. The van der Waals surface area contributed by atoms with Gasteiger partial charge >= 0.3 is 0 Å². The largest absolute Gasteiger partial charge is 0.363 e. The number of nitrogens with zero attached hydrogens (tertiary/aromatic N) is 4. The van der Waals surface area contributed by atoms with Gasteiger partial charge < -0.3 is 5.32 Å². The Balaban J connectivity index is 2.13. The maximum Gasteiger partial charge on any atom is 0.224 e. The summed E-state index contributed by atoms with van der Waals surface area (Å²) in [5.41, 5.74) is 1.99. The van der Waals surface area contributed by atoms with E-state index in [0.717, 1.165) is 23.9 Å². The van der Waals surface area contributed by atoms with Gasteiger partial charge in [-0.3, -0.25) is 4.68 Å². The van der Waals surface area contributed by atoms with Crippen LogP contribution in [0.5, 0.6) is 0 Å². The van der Waals surface area contributed by atoms with Crippen molar-refractivity contribution >= 4 is 17.4 Å². The predicted octanol–water partition coefficient (Wildman–Crippen LogP) is 2.18. The van der Waals surface area contributed by atoms with E-state index in [1.54, 1.807) is 4.68 Å². The number of hydrogen-bond donors (Lipinski definition) is 1. The minimum Gasteiger partial charge on any atom is -0.363 e. The van der Waals surface area contributed by atoms with Gasteiger partial charge in [0.15, 0.2) is 11.6 Å². The van der Waals surface area contributed by atoms with E-state index >= 15 is 0 Å². The standard InChI is InChI=1S/C11H13ClFN5/c1-3-9-7(6-18(2)17-9)4-14-10-8(13)5-15-11(12)16-10/h5-6H,3-4H2,1-2H3,(H,14,15,16). The van der Waals surface area contributed by atoms with E-state index in [0.29, 0.717) is 6.54 Å². The second-order valence-corrected chi connectivity index (χ2v) is 4.16. The molecule has 0 saturated heterocycles. The molecule has 0 fully saturated rings. The summed E-state index contributed by atoms with van der Waals surface area (Å²) in [6.07, 6.45) is 3.76. The average Bonchev–Trinajstić information content (AvgIpc) is 2.71. The summed E-state index contributed by atoms with van der Waals surface area (Å²) in [6.45, 7) is 2.47. The van der Waals surface area contributed by atoms with Crippen molar-refractivity contribution in [2.24, 2.45) is 7.05 Å². The van der Waals surface area contributed by atoms with E-state index in [2.05, 4.69) is 20.4 Å². The summed E-state index contributed by atoms with van der Waals surface area (Å²) in [5, 5.41) is 7.21. The first-order valence-corrected chi connectivity index (χ1v) is 5.91. The SMILES string of the molecule is CCc1nn(C)cc1CNc1nc(Cl)ncc1F. The molecule has 0 unspecified atom stereocenters. The van der Waals surface area contributed by atoms with Crippen LogP contribution in [0.15, 0.2) is 12.4 Å². The number of rotatable bonds is 4. The van der Waals surface area contributed by atoms with Crippen LogP contribution < -0.4 is 5.32 Å². The lowest BCUT2D eigenvalue weighted by Crippen LogP contribution is -2.05. The molecule has 0 radical (unpaired) electrons. The smallest absolute Gasteiger partial charge is 0.224 e. The van der Waals surface area contributed by atoms with Crippen molar-refractivity contribution in [3.8, 4) is 0 Å². The van der Waals surface area contributed by atoms with E-state index in [1.165, 1.54) is 0 Å². The maximum atomic E-state index is 13.4. The van der Waals surface area contributed by atoms with Gasteiger partial charge in [-0.25, -0.2) is 9.37 Å². The van der Waals surface area contributed by atoms with E-state index < -0.39 is 5.82 Å². The number of halogens is 2. The van der Waals surface area contributed by atoms with Crippen molar-refractivity contribution < 1.29 is 4.39 Å². The third kappa shape index (κ3) is 2.76. The first-order chi connectivity index (χ1) is 8.60. The Kier molecular flexibility index (Phi) is 3.76. The fourth-order valence-corrected chi connectivity index (χ4v) is 1.81.